The minimum absolute atomic E-state index is 0. The molecule has 1 aliphatic carbocycles. The first kappa shape index (κ1) is 17.8. The summed E-state index contributed by atoms with van der Waals surface area (Å²) in [5.41, 5.74) is 2.88. The molecule has 0 atom stereocenters. The van der Waals surface area contributed by atoms with E-state index in [0.717, 1.165) is 0 Å². The quantitative estimate of drug-likeness (QED) is 0.377. The standard InChI is InChI=1S/C8H12.2ClH.Ti/c1-6-4-7(2)8(3)5-6;;;/h4-6H,1-3H3;2*1H;/q;;;+2/p-2. The van der Waals surface area contributed by atoms with E-state index in [1.54, 1.807) is 0 Å². The first-order valence-electron chi connectivity index (χ1n) is 3.07. The summed E-state index contributed by atoms with van der Waals surface area (Å²) in [6.45, 7) is 6.53. The molecule has 1 aliphatic rings. The van der Waals surface area contributed by atoms with Crippen molar-refractivity contribution in [3.63, 3.8) is 0 Å². The molecule has 0 amide bonds. The molecule has 0 heterocycles. The van der Waals surface area contributed by atoms with E-state index in [1.807, 2.05) is 0 Å². The van der Waals surface area contributed by atoms with Crippen LogP contribution >= 0.6 is 0 Å². The first-order valence-corrected chi connectivity index (χ1v) is 3.07. The fourth-order valence-electron chi connectivity index (χ4n) is 1.10. The maximum Gasteiger partial charge on any atom is 2.00 e. The van der Waals surface area contributed by atoms with E-state index in [4.69, 9.17) is 0 Å². The first-order chi connectivity index (χ1) is 3.70. The third-order valence-electron chi connectivity index (χ3n) is 1.65. The Morgan fingerprint density at radius 2 is 1.27 bits per heavy atom. The van der Waals surface area contributed by atoms with Gasteiger partial charge in [-0.1, -0.05) is 30.2 Å². The molecular weight excluding hydrogens is 215 g/mol. The van der Waals surface area contributed by atoms with E-state index < -0.39 is 0 Å². The molecule has 11 heavy (non-hydrogen) atoms. The van der Waals surface area contributed by atoms with E-state index in [-0.39, 0.29) is 46.5 Å². The number of hydrogen-bond donors (Lipinski definition) is 0. The topological polar surface area (TPSA) is 0 Å². The Morgan fingerprint density at radius 3 is 1.36 bits per heavy atom. The predicted molar refractivity (Wildman–Crippen MR) is 36.7 cm³/mol. The molecule has 0 saturated heterocycles. The molecule has 62 valence electrons. The van der Waals surface area contributed by atoms with Crippen LogP contribution in [0.15, 0.2) is 23.3 Å². The van der Waals surface area contributed by atoms with Crippen molar-refractivity contribution in [2.45, 2.75) is 20.8 Å². The van der Waals surface area contributed by atoms with Crippen LogP contribution in [0.5, 0.6) is 0 Å². The molecular formula is C8H12Cl2Ti. The Morgan fingerprint density at radius 1 is 1.00 bits per heavy atom. The van der Waals surface area contributed by atoms with Gasteiger partial charge in [0.15, 0.2) is 0 Å². The summed E-state index contributed by atoms with van der Waals surface area (Å²) in [6.07, 6.45) is 4.57. The summed E-state index contributed by atoms with van der Waals surface area (Å²) in [5.74, 6) is 0.676. The molecule has 0 aromatic rings. The van der Waals surface area contributed by atoms with Crippen molar-refractivity contribution >= 4 is 0 Å². The van der Waals surface area contributed by atoms with Gasteiger partial charge in [0.05, 0.1) is 0 Å². The van der Waals surface area contributed by atoms with Gasteiger partial charge in [-0.25, -0.2) is 0 Å². The van der Waals surface area contributed by atoms with Gasteiger partial charge in [-0.15, -0.1) is 0 Å². The van der Waals surface area contributed by atoms with Gasteiger partial charge in [-0.2, -0.15) is 0 Å². The van der Waals surface area contributed by atoms with Crippen LogP contribution in [0.4, 0.5) is 0 Å². The van der Waals surface area contributed by atoms with Crippen molar-refractivity contribution < 1.29 is 46.5 Å². The summed E-state index contributed by atoms with van der Waals surface area (Å²) < 4.78 is 0. The fourth-order valence-corrected chi connectivity index (χ4v) is 1.10. The van der Waals surface area contributed by atoms with Crippen LogP contribution in [0.1, 0.15) is 20.8 Å². The predicted octanol–water partition coefficient (Wildman–Crippen LogP) is -3.47. The second kappa shape index (κ2) is 7.42. The van der Waals surface area contributed by atoms with Crippen molar-refractivity contribution in [1.29, 1.82) is 0 Å². The molecule has 0 spiro atoms. The molecule has 0 radical (unpaired) electrons. The largest absolute Gasteiger partial charge is 2.00 e. The molecule has 0 saturated carbocycles. The van der Waals surface area contributed by atoms with Gasteiger partial charge in [-0.3, -0.25) is 0 Å². The van der Waals surface area contributed by atoms with Crippen LogP contribution in [0, 0.1) is 5.92 Å². The van der Waals surface area contributed by atoms with Crippen molar-refractivity contribution in [1.82, 2.24) is 0 Å². The van der Waals surface area contributed by atoms with Crippen LogP contribution in [0.3, 0.4) is 0 Å². The number of hydrogen-bond acceptors (Lipinski definition) is 0. The Kier molecular flexibility index (Phi) is 12.0. The molecule has 0 nitrogen and oxygen atoms in total. The van der Waals surface area contributed by atoms with Crippen LogP contribution in [-0.2, 0) is 21.7 Å². The molecule has 0 aromatic heterocycles. The van der Waals surface area contributed by atoms with Gasteiger partial charge < -0.3 is 24.8 Å². The van der Waals surface area contributed by atoms with E-state index in [2.05, 4.69) is 32.9 Å². The van der Waals surface area contributed by atoms with Gasteiger partial charge in [0.25, 0.3) is 0 Å². The number of rotatable bonds is 0. The Labute approximate surface area is 96.2 Å². The zero-order valence-electron chi connectivity index (χ0n) is 6.99. The summed E-state index contributed by atoms with van der Waals surface area (Å²) in [4.78, 5) is 0. The molecule has 3 heteroatoms. The van der Waals surface area contributed by atoms with Crippen molar-refractivity contribution in [3.8, 4) is 0 Å². The van der Waals surface area contributed by atoms with Crippen molar-refractivity contribution in [3.05, 3.63) is 23.3 Å². The van der Waals surface area contributed by atoms with Gasteiger partial charge >= 0.3 is 21.7 Å². The minimum atomic E-state index is 0. The average Bonchev–Trinajstić information content (AvgIpc) is 1.85. The Balaban J connectivity index is -0.000000213. The summed E-state index contributed by atoms with van der Waals surface area (Å²) in [5, 5.41) is 0. The molecule has 0 unspecified atom stereocenters. The third kappa shape index (κ3) is 5.08. The van der Waals surface area contributed by atoms with Crippen LogP contribution < -0.4 is 24.8 Å². The monoisotopic (exact) mass is 226 g/mol. The van der Waals surface area contributed by atoms with Gasteiger partial charge in [0.1, 0.15) is 0 Å². The summed E-state index contributed by atoms with van der Waals surface area (Å²) in [6, 6.07) is 0. The van der Waals surface area contributed by atoms with Crippen molar-refractivity contribution in [2.75, 3.05) is 0 Å². The smallest absolute Gasteiger partial charge is 1.00 e. The number of halogens is 2. The van der Waals surface area contributed by atoms with E-state index in [1.165, 1.54) is 11.1 Å². The van der Waals surface area contributed by atoms with Gasteiger partial charge in [0, 0.05) is 0 Å². The van der Waals surface area contributed by atoms with Gasteiger partial charge in [0.2, 0.25) is 0 Å². The molecule has 0 fully saturated rings. The minimum Gasteiger partial charge on any atom is -1.00 e. The zero-order chi connectivity index (χ0) is 6.15. The Bertz CT molecular complexity index is 143. The third-order valence-corrected chi connectivity index (χ3v) is 1.65. The van der Waals surface area contributed by atoms with Crippen molar-refractivity contribution in [2.24, 2.45) is 5.92 Å². The second-order valence-electron chi connectivity index (χ2n) is 2.56. The average molecular weight is 227 g/mol. The molecule has 0 bridgehead atoms. The summed E-state index contributed by atoms with van der Waals surface area (Å²) in [7, 11) is 0. The van der Waals surface area contributed by atoms with Crippen LogP contribution in [0.2, 0.25) is 0 Å². The van der Waals surface area contributed by atoms with E-state index >= 15 is 0 Å². The number of allylic oxidation sites excluding steroid dienone is 4. The maximum absolute atomic E-state index is 2.29. The van der Waals surface area contributed by atoms with E-state index in [0.29, 0.717) is 5.92 Å². The summed E-state index contributed by atoms with van der Waals surface area (Å²) >= 11 is 0. The molecule has 0 N–H and O–H groups in total. The second-order valence-corrected chi connectivity index (χ2v) is 2.56. The molecule has 0 aliphatic heterocycles. The van der Waals surface area contributed by atoms with E-state index in [9.17, 15) is 0 Å². The maximum atomic E-state index is 2.29. The van der Waals surface area contributed by atoms with Crippen LogP contribution in [-0.4, -0.2) is 0 Å². The molecule has 0 aromatic carbocycles. The van der Waals surface area contributed by atoms with Gasteiger partial charge in [-0.05, 0) is 19.8 Å². The zero-order valence-corrected chi connectivity index (χ0v) is 10.1. The SMILES string of the molecule is CC1=CC(C)C=C1C.[Cl-].[Cl-].[Ti+2]. The fraction of sp³-hybridized carbons (Fsp3) is 0.500. The van der Waals surface area contributed by atoms with Crippen LogP contribution in [0.25, 0.3) is 0 Å². The molecule has 1 rings (SSSR count). The normalized spacial score (nSPS) is 15.2. The Hall–Kier alpha value is 0.774.